The summed E-state index contributed by atoms with van der Waals surface area (Å²) >= 11 is 1.30. The van der Waals surface area contributed by atoms with Crippen molar-refractivity contribution in [2.75, 3.05) is 13.3 Å². The average Bonchev–Trinajstić information content (AvgIpc) is 2.15. The number of hydrogen-bond donors (Lipinski definition) is 0. The summed E-state index contributed by atoms with van der Waals surface area (Å²) in [5, 5.41) is 0. The minimum absolute atomic E-state index is 0.311. The van der Waals surface area contributed by atoms with Gasteiger partial charge in [0.15, 0.2) is 0 Å². The lowest BCUT2D eigenvalue weighted by Crippen LogP contribution is -1.87. The number of hydrogen-bond acceptors (Lipinski definition) is 2. The molecule has 1 aromatic carbocycles. The highest BCUT2D eigenvalue weighted by molar-refractivity contribution is 7.94. The zero-order valence-electron chi connectivity index (χ0n) is 7.63. The summed E-state index contributed by atoms with van der Waals surface area (Å²) in [6.07, 6.45) is 0.471. The summed E-state index contributed by atoms with van der Waals surface area (Å²) in [4.78, 5) is 1.06. The lowest BCUT2D eigenvalue weighted by molar-refractivity contribution is 0.331. The Kier molecular flexibility index (Phi) is 4.86. The van der Waals surface area contributed by atoms with Crippen LogP contribution in [0.3, 0.4) is 0 Å². The van der Waals surface area contributed by atoms with Crippen molar-refractivity contribution in [1.29, 1.82) is 0 Å². The Morgan fingerprint density at radius 2 is 2.00 bits per heavy atom. The quantitative estimate of drug-likeness (QED) is 0.532. The fourth-order valence-electron chi connectivity index (χ4n) is 0.817. The van der Waals surface area contributed by atoms with Gasteiger partial charge in [-0.05, 0) is 19.1 Å². The molecule has 0 aliphatic carbocycles. The molecule has 3 heteroatoms. The van der Waals surface area contributed by atoms with Gasteiger partial charge < -0.3 is 4.18 Å². The second kappa shape index (κ2) is 6.00. The molecule has 0 saturated heterocycles. The highest BCUT2D eigenvalue weighted by atomic mass is 32.2. The van der Waals surface area contributed by atoms with Crippen LogP contribution in [0.1, 0.15) is 12.0 Å². The summed E-state index contributed by atoms with van der Waals surface area (Å²) in [5.41, 5.74) is 1.23. The molecule has 0 heterocycles. The van der Waals surface area contributed by atoms with Crippen LogP contribution in [0.4, 0.5) is 4.39 Å². The molecule has 0 aliphatic rings. The molecule has 13 heavy (non-hydrogen) atoms. The van der Waals surface area contributed by atoms with E-state index in [9.17, 15) is 4.39 Å². The molecular formula is C10H13FOS. The number of alkyl halides is 1. The van der Waals surface area contributed by atoms with Crippen LogP contribution in [0.15, 0.2) is 29.2 Å². The Bertz CT molecular complexity index is 235. The Morgan fingerprint density at radius 1 is 1.31 bits per heavy atom. The highest BCUT2D eigenvalue weighted by Crippen LogP contribution is 2.19. The van der Waals surface area contributed by atoms with Crippen LogP contribution < -0.4 is 0 Å². The Labute approximate surface area is 82.5 Å². The Morgan fingerprint density at radius 3 is 2.62 bits per heavy atom. The molecule has 0 spiro atoms. The predicted octanol–water partition coefficient (Wildman–Crippen LogP) is 3.38. The lowest BCUT2D eigenvalue weighted by Gasteiger charge is -2.01. The van der Waals surface area contributed by atoms with Gasteiger partial charge in [0.25, 0.3) is 0 Å². The molecule has 0 unspecified atom stereocenters. The van der Waals surface area contributed by atoms with E-state index in [1.54, 1.807) is 0 Å². The van der Waals surface area contributed by atoms with Gasteiger partial charge in [0.1, 0.15) is 0 Å². The van der Waals surface area contributed by atoms with Gasteiger partial charge in [-0.25, -0.2) is 0 Å². The van der Waals surface area contributed by atoms with Crippen molar-refractivity contribution in [1.82, 2.24) is 0 Å². The molecule has 0 aliphatic heterocycles. The molecule has 0 amide bonds. The van der Waals surface area contributed by atoms with Crippen LogP contribution in [-0.2, 0) is 4.18 Å². The van der Waals surface area contributed by atoms with Gasteiger partial charge in [-0.15, -0.1) is 0 Å². The zero-order valence-corrected chi connectivity index (χ0v) is 8.44. The first-order valence-electron chi connectivity index (χ1n) is 4.25. The molecule has 0 saturated carbocycles. The van der Waals surface area contributed by atoms with E-state index in [-0.39, 0.29) is 6.67 Å². The van der Waals surface area contributed by atoms with Gasteiger partial charge in [0, 0.05) is 23.4 Å². The van der Waals surface area contributed by atoms with E-state index in [4.69, 9.17) is 4.18 Å². The van der Waals surface area contributed by atoms with E-state index >= 15 is 0 Å². The fourth-order valence-corrected chi connectivity index (χ4v) is 1.40. The predicted molar refractivity (Wildman–Crippen MR) is 53.6 cm³/mol. The van der Waals surface area contributed by atoms with Crippen LogP contribution in [0.5, 0.6) is 0 Å². The average molecular weight is 200 g/mol. The van der Waals surface area contributed by atoms with Crippen molar-refractivity contribution in [2.45, 2.75) is 18.2 Å². The molecule has 1 rings (SSSR count). The van der Waals surface area contributed by atoms with Crippen molar-refractivity contribution in [3.8, 4) is 0 Å². The second-order valence-corrected chi connectivity index (χ2v) is 3.63. The molecular weight excluding hydrogens is 187 g/mol. The van der Waals surface area contributed by atoms with Gasteiger partial charge in [-0.1, -0.05) is 17.7 Å². The van der Waals surface area contributed by atoms with E-state index in [0.717, 1.165) is 4.90 Å². The lowest BCUT2D eigenvalue weighted by atomic mass is 10.2. The first kappa shape index (κ1) is 10.5. The van der Waals surface area contributed by atoms with Gasteiger partial charge in [-0.3, -0.25) is 4.39 Å². The third kappa shape index (κ3) is 4.29. The second-order valence-electron chi connectivity index (χ2n) is 2.76. The van der Waals surface area contributed by atoms with E-state index in [1.807, 2.05) is 31.2 Å². The monoisotopic (exact) mass is 200 g/mol. The van der Waals surface area contributed by atoms with Crippen LogP contribution >= 0.6 is 12.0 Å². The Balaban J connectivity index is 2.25. The summed E-state index contributed by atoms with van der Waals surface area (Å²) in [6, 6.07) is 8.05. The van der Waals surface area contributed by atoms with Crippen molar-refractivity contribution in [3.05, 3.63) is 29.8 Å². The summed E-state index contributed by atoms with van der Waals surface area (Å²) < 4.78 is 16.9. The standard InChI is InChI=1S/C10H13FOS/c1-9-3-5-10(6-4-9)13-12-8-2-7-11/h3-6H,2,7-8H2,1H3. The number of rotatable bonds is 5. The molecule has 0 fully saturated rings. The zero-order chi connectivity index (χ0) is 9.52. The van der Waals surface area contributed by atoms with E-state index < -0.39 is 0 Å². The van der Waals surface area contributed by atoms with Crippen molar-refractivity contribution in [3.63, 3.8) is 0 Å². The highest BCUT2D eigenvalue weighted by Gasteiger charge is 1.93. The number of aryl methyl sites for hydroxylation is 1. The van der Waals surface area contributed by atoms with Crippen LogP contribution in [0, 0.1) is 6.92 Å². The van der Waals surface area contributed by atoms with E-state index in [1.165, 1.54) is 17.6 Å². The third-order valence-corrected chi connectivity index (χ3v) is 2.29. The van der Waals surface area contributed by atoms with Gasteiger partial charge in [0.2, 0.25) is 0 Å². The summed E-state index contributed by atoms with van der Waals surface area (Å²) in [7, 11) is 0. The molecule has 0 aromatic heterocycles. The molecule has 0 N–H and O–H groups in total. The summed E-state index contributed by atoms with van der Waals surface area (Å²) in [5.74, 6) is 0. The molecule has 0 bridgehead atoms. The molecule has 0 radical (unpaired) electrons. The SMILES string of the molecule is Cc1ccc(SOCCCF)cc1. The summed E-state index contributed by atoms with van der Waals surface area (Å²) in [6.45, 7) is 2.20. The number of benzene rings is 1. The molecule has 0 atom stereocenters. The topological polar surface area (TPSA) is 9.23 Å². The molecule has 1 nitrogen and oxygen atoms in total. The Hall–Kier alpha value is -0.540. The minimum Gasteiger partial charge on any atom is -0.310 e. The minimum atomic E-state index is -0.311. The first-order chi connectivity index (χ1) is 6.33. The van der Waals surface area contributed by atoms with Crippen LogP contribution in [0.25, 0.3) is 0 Å². The van der Waals surface area contributed by atoms with E-state index in [0.29, 0.717) is 13.0 Å². The number of halogens is 1. The normalized spacial score (nSPS) is 10.3. The van der Waals surface area contributed by atoms with Crippen LogP contribution in [0.2, 0.25) is 0 Å². The smallest absolute Gasteiger partial charge is 0.0916 e. The van der Waals surface area contributed by atoms with Gasteiger partial charge in [0.05, 0.1) is 13.3 Å². The van der Waals surface area contributed by atoms with Crippen molar-refractivity contribution >= 4 is 12.0 Å². The van der Waals surface area contributed by atoms with Crippen LogP contribution in [-0.4, -0.2) is 13.3 Å². The van der Waals surface area contributed by atoms with Crippen molar-refractivity contribution < 1.29 is 8.57 Å². The van der Waals surface area contributed by atoms with Crippen molar-refractivity contribution in [2.24, 2.45) is 0 Å². The maximum absolute atomic E-state index is 11.7. The maximum Gasteiger partial charge on any atom is 0.0916 e. The van der Waals surface area contributed by atoms with Gasteiger partial charge >= 0.3 is 0 Å². The third-order valence-electron chi connectivity index (χ3n) is 1.54. The first-order valence-corrected chi connectivity index (χ1v) is 4.99. The van der Waals surface area contributed by atoms with E-state index in [2.05, 4.69) is 0 Å². The molecule has 1 aromatic rings. The molecule has 72 valence electrons. The maximum atomic E-state index is 11.7. The fraction of sp³-hybridized carbons (Fsp3) is 0.400. The largest absolute Gasteiger partial charge is 0.310 e. The van der Waals surface area contributed by atoms with Gasteiger partial charge in [-0.2, -0.15) is 0 Å².